The highest BCUT2D eigenvalue weighted by Crippen LogP contribution is 2.20. The third-order valence-corrected chi connectivity index (χ3v) is 3.28. The second kappa shape index (κ2) is 4.45. The summed E-state index contributed by atoms with van der Waals surface area (Å²) in [7, 11) is 0. The van der Waals surface area contributed by atoms with Crippen LogP contribution in [-0.4, -0.2) is 28.2 Å². The van der Waals surface area contributed by atoms with Crippen molar-refractivity contribution in [2.45, 2.75) is 32.4 Å². The summed E-state index contributed by atoms with van der Waals surface area (Å²) in [5.41, 5.74) is 0.692. The number of nitrogens with one attached hydrogen (secondary N) is 1. The third-order valence-electron chi connectivity index (χ3n) is 2.70. The van der Waals surface area contributed by atoms with Gasteiger partial charge in [-0.05, 0) is 42.2 Å². The molecule has 0 amide bonds. The van der Waals surface area contributed by atoms with E-state index in [9.17, 15) is 4.79 Å². The molecule has 0 aliphatic carbocycles. The Balaban J connectivity index is 2.27. The monoisotopic (exact) mass is 271 g/mol. The van der Waals surface area contributed by atoms with Crippen LogP contribution in [0.15, 0.2) is 10.7 Å². The van der Waals surface area contributed by atoms with E-state index in [1.165, 1.54) is 0 Å². The lowest BCUT2D eigenvalue weighted by Gasteiger charge is -2.10. The van der Waals surface area contributed by atoms with E-state index in [-0.39, 0.29) is 11.8 Å². The summed E-state index contributed by atoms with van der Waals surface area (Å²) < 4.78 is 2.54. The molecule has 1 aliphatic rings. The van der Waals surface area contributed by atoms with E-state index in [0.717, 1.165) is 30.4 Å². The van der Waals surface area contributed by atoms with E-state index < -0.39 is 0 Å². The molecule has 1 aromatic heterocycles. The number of hydrogen-bond acceptors (Lipinski definition) is 3. The van der Waals surface area contributed by atoms with Gasteiger partial charge in [0.05, 0.1) is 16.7 Å². The molecule has 2 rings (SSSR count). The lowest BCUT2D eigenvalue weighted by Crippen LogP contribution is -2.32. The molecule has 1 N–H and O–H groups in total. The lowest BCUT2D eigenvalue weighted by molar-refractivity contribution is 0.0941. The summed E-state index contributed by atoms with van der Waals surface area (Å²) in [5.74, 6) is 0.152. The molecule has 5 heteroatoms. The number of rotatable bonds is 3. The van der Waals surface area contributed by atoms with E-state index in [2.05, 4.69) is 26.3 Å². The Morgan fingerprint density at radius 1 is 1.80 bits per heavy atom. The van der Waals surface area contributed by atoms with Gasteiger partial charge in [-0.2, -0.15) is 5.10 Å². The van der Waals surface area contributed by atoms with E-state index in [4.69, 9.17) is 0 Å². The number of hydrogen-bond donors (Lipinski definition) is 1. The van der Waals surface area contributed by atoms with Crippen molar-refractivity contribution in [1.82, 2.24) is 15.1 Å². The standard InChI is InChI=1S/C10H14BrN3O/c1-2-14-9(7(11)6-13-14)10(15)8-4-3-5-12-8/h6,8,12H,2-5H2,1H3. The number of ketones is 1. The number of carbonyl (C=O) groups is 1. The molecule has 1 atom stereocenters. The van der Waals surface area contributed by atoms with Gasteiger partial charge < -0.3 is 5.32 Å². The first-order chi connectivity index (χ1) is 7.24. The fraction of sp³-hybridized carbons (Fsp3) is 0.600. The number of aryl methyl sites for hydroxylation is 1. The zero-order valence-corrected chi connectivity index (χ0v) is 10.2. The average Bonchev–Trinajstić information content (AvgIpc) is 2.85. The van der Waals surface area contributed by atoms with Crippen LogP contribution in [0.3, 0.4) is 0 Å². The van der Waals surface area contributed by atoms with E-state index >= 15 is 0 Å². The largest absolute Gasteiger partial charge is 0.307 e. The molecular formula is C10H14BrN3O. The molecule has 15 heavy (non-hydrogen) atoms. The van der Waals surface area contributed by atoms with Crippen LogP contribution in [0.2, 0.25) is 0 Å². The number of Topliss-reactive ketones (excluding diaryl/α,β-unsaturated/α-hetero) is 1. The van der Waals surface area contributed by atoms with Crippen LogP contribution in [0.1, 0.15) is 30.3 Å². The molecule has 0 bridgehead atoms. The lowest BCUT2D eigenvalue weighted by atomic mass is 10.1. The van der Waals surface area contributed by atoms with Gasteiger partial charge in [0.2, 0.25) is 0 Å². The molecule has 4 nitrogen and oxygen atoms in total. The smallest absolute Gasteiger partial charge is 0.198 e. The van der Waals surface area contributed by atoms with Crippen LogP contribution < -0.4 is 5.32 Å². The average molecular weight is 272 g/mol. The molecular weight excluding hydrogens is 258 g/mol. The Labute approximate surface area is 97.2 Å². The topological polar surface area (TPSA) is 46.9 Å². The Morgan fingerprint density at radius 3 is 3.20 bits per heavy atom. The fourth-order valence-electron chi connectivity index (χ4n) is 1.92. The van der Waals surface area contributed by atoms with E-state index in [0.29, 0.717) is 5.69 Å². The molecule has 0 aromatic carbocycles. The van der Waals surface area contributed by atoms with Crippen LogP contribution in [0.4, 0.5) is 0 Å². The summed E-state index contributed by atoms with van der Waals surface area (Å²) in [5, 5.41) is 7.36. The Bertz CT molecular complexity index is 369. The summed E-state index contributed by atoms with van der Waals surface area (Å²) in [6, 6.07) is -0.0247. The third kappa shape index (κ3) is 1.99. The Morgan fingerprint density at radius 2 is 2.60 bits per heavy atom. The van der Waals surface area contributed by atoms with Crippen molar-refractivity contribution >= 4 is 21.7 Å². The summed E-state index contributed by atoms with van der Waals surface area (Å²) >= 11 is 3.37. The van der Waals surface area contributed by atoms with Crippen molar-refractivity contribution < 1.29 is 4.79 Å². The van der Waals surface area contributed by atoms with Gasteiger partial charge in [-0.15, -0.1) is 0 Å². The number of carbonyl (C=O) groups excluding carboxylic acids is 1. The predicted molar refractivity (Wildman–Crippen MR) is 61.0 cm³/mol. The Hall–Kier alpha value is -0.680. The molecule has 1 fully saturated rings. The molecule has 82 valence electrons. The van der Waals surface area contributed by atoms with Crippen LogP contribution in [0, 0.1) is 0 Å². The second-order valence-corrected chi connectivity index (χ2v) is 4.52. The normalized spacial score (nSPS) is 20.8. The predicted octanol–water partition coefficient (Wildman–Crippen LogP) is 1.60. The number of aromatic nitrogens is 2. The van der Waals surface area contributed by atoms with Crippen molar-refractivity contribution in [3.8, 4) is 0 Å². The first kappa shape index (κ1) is 10.8. The van der Waals surface area contributed by atoms with E-state index in [1.807, 2.05) is 6.92 Å². The molecule has 1 unspecified atom stereocenters. The van der Waals surface area contributed by atoms with Crippen molar-refractivity contribution in [2.75, 3.05) is 6.54 Å². The van der Waals surface area contributed by atoms with Crippen LogP contribution in [-0.2, 0) is 6.54 Å². The minimum absolute atomic E-state index is 0.0247. The minimum atomic E-state index is -0.0247. The van der Waals surface area contributed by atoms with Gasteiger partial charge in [0, 0.05) is 6.54 Å². The quantitative estimate of drug-likeness (QED) is 0.850. The van der Waals surface area contributed by atoms with Crippen molar-refractivity contribution in [3.63, 3.8) is 0 Å². The maximum absolute atomic E-state index is 12.2. The van der Waals surface area contributed by atoms with Crippen molar-refractivity contribution in [3.05, 3.63) is 16.4 Å². The minimum Gasteiger partial charge on any atom is -0.307 e. The van der Waals surface area contributed by atoms with Gasteiger partial charge in [0.25, 0.3) is 0 Å². The van der Waals surface area contributed by atoms with Gasteiger partial charge in [-0.25, -0.2) is 0 Å². The maximum atomic E-state index is 12.2. The molecule has 1 saturated heterocycles. The Kier molecular flexibility index (Phi) is 3.21. The van der Waals surface area contributed by atoms with Gasteiger partial charge in [-0.3, -0.25) is 9.48 Å². The first-order valence-corrected chi connectivity index (χ1v) is 6.02. The molecule has 1 aliphatic heterocycles. The van der Waals surface area contributed by atoms with Gasteiger partial charge in [-0.1, -0.05) is 0 Å². The van der Waals surface area contributed by atoms with Crippen LogP contribution >= 0.6 is 15.9 Å². The summed E-state index contributed by atoms with van der Waals surface area (Å²) in [6.45, 7) is 3.64. The summed E-state index contributed by atoms with van der Waals surface area (Å²) in [4.78, 5) is 12.2. The molecule has 0 saturated carbocycles. The molecule has 0 radical (unpaired) electrons. The van der Waals surface area contributed by atoms with Crippen LogP contribution in [0.25, 0.3) is 0 Å². The van der Waals surface area contributed by atoms with Crippen molar-refractivity contribution in [1.29, 1.82) is 0 Å². The van der Waals surface area contributed by atoms with Gasteiger partial charge in [0.1, 0.15) is 5.69 Å². The highest BCUT2D eigenvalue weighted by molar-refractivity contribution is 9.10. The molecule has 2 heterocycles. The second-order valence-electron chi connectivity index (χ2n) is 3.67. The fourth-order valence-corrected chi connectivity index (χ4v) is 2.41. The first-order valence-electron chi connectivity index (χ1n) is 5.23. The highest BCUT2D eigenvalue weighted by Gasteiger charge is 2.27. The summed E-state index contributed by atoms with van der Waals surface area (Å²) in [6.07, 6.45) is 3.69. The van der Waals surface area contributed by atoms with Gasteiger partial charge in [0.15, 0.2) is 5.78 Å². The van der Waals surface area contributed by atoms with Crippen molar-refractivity contribution in [2.24, 2.45) is 0 Å². The molecule has 1 aromatic rings. The van der Waals surface area contributed by atoms with Crippen LogP contribution in [0.5, 0.6) is 0 Å². The maximum Gasteiger partial charge on any atom is 0.198 e. The van der Waals surface area contributed by atoms with E-state index in [1.54, 1.807) is 10.9 Å². The molecule has 0 spiro atoms. The SMILES string of the molecule is CCn1ncc(Br)c1C(=O)C1CCCN1. The number of nitrogens with zero attached hydrogens (tertiary/aromatic N) is 2. The zero-order valence-electron chi connectivity index (χ0n) is 8.66. The van der Waals surface area contributed by atoms with Gasteiger partial charge >= 0.3 is 0 Å². The zero-order chi connectivity index (χ0) is 10.8. The highest BCUT2D eigenvalue weighted by atomic mass is 79.9. The number of halogens is 1.